The Morgan fingerprint density at radius 1 is 1.15 bits per heavy atom. The molecule has 1 aromatic carbocycles. The summed E-state index contributed by atoms with van der Waals surface area (Å²) in [5.41, 5.74) is 1.11. The van der Waals surface area contributed by atoms with E-state index in [0.717, 1.165) is 61.8 Å². The number of pyridine rings is 1. The third-order valence-electron chi connectivity index (χ3n) is 4.85. The van der Waals surface area contributed by atoms with Gasteiger partial charge in [0.1, 0.15) is 5.75 Å². The average Bonchev–Trinajstić information content (AvgIpc) is 3.15. The molecule has 2 aliphatic heterocycles. The van der Waals surface area contributed by atoms with Crippen LogP contribution in [0.2, 0.25) is 0 Å². The maximum absolute atomic E-state index is 5.84. The third kappa shape index (κ3) is 4.38. The van der Waals surface area contributed by atoms with E-state index >= 15 is 0 Å². The predicted molar refractivity (Wildman–Crippen MR) is 100.0 cm³/mol. The first kappa shape index (κ1) is 17.0. The molecule has 1 aromatic heterocycles. The molecule has 6 nitrogen and oxygen atoms in total. The molecule has 0 bridgehead atoms. The highest BCUT2D eigenvalue weighted by Gasteiger charge is 2.19. The summed E-state index contributed by atoms with van der Waals surface area (Å²) in [4.78, 5) is 6.68. The Labute approximate surface area is 154 Å². The Bertz CT molecular complexity index is 703. The minimum Gasteiger partial charge on any atom is -0.493 e. The fourth-order valence-electron chi connectivity index (χ4n) is 3.43. The topological polar surface area (TPSA) is 55.9 Å². The summed E-state index contributed by atoms with van der Waals surface area (Å²) in [5, 5.41) is 3.57. The van der Waals surface area contributed by atoms with Crippen molar-refractivity contribution in [2.24, 2.45) is 0 Å². The number of hydrogen-bond donors (Lipinski definition) is 1. The van der Waals surface area contributed by atoms with Crippen LogP contribution < -0.4 is 19.5 Å². The highest BCUT2D eigenvalue weighted by molar-refractivity contribution is 5.46. The monoisotopic (exact) mass is 355 g/mol. The highest BCUT2D eigenvalue weighted by Crippen LogP contribution is 2.35. The van der Waals surface area contributed by atoms with E-state index < -0.39 is 0 Å². The van der Waals surface area contributed by atoms with Gasteiger partial charge < -0.3 is 24.4 Å². The van der Waals surface area contributed by atoms with Gasteiger partial charge >= 0.3 is 0 Å². The maximum atomic E-state index is 5.84. The molecule has 0 saturated carbocycles. The van der Waals surface area contributed by atoms with Crippen LogP contribution in [0.3, 0.4) is 0 Å². The highest BCUT2D eigenvalue weighted by atomic mass is 16.7. The minimum atomic E-state index is 0.296. The second-order valence-corrected chi connectivity index (χ2v) is 6.72. The average molecular weight is 355 g/mol. The SMILES string of the molecule is c1cncc(NC2CCN(CCCOc3ccc4c(c3)OCO4)CC2)c1. The summed E-state index contributed by atoms with van der Waals surface area (Å²) in [6, 6.07) is 10.3. The Morgan fingerprint density at radius 2 is 2.04 bits per heavy atom. The van der Waals surface area contributed by atoms with E-state index in [2.05, 4.69) is 21.3 Å². The first-order chi connectivity index (χ1) is 12.9. The molecule has 138 valence electrons. The number of ether oxygens (including phenoxy) is 3. The van der Waals surface area contributed by atoms with Crippen LogP contribution >= 0.6 is 0 Å². The van der Waals surface area contributed by atoms with Gasteiger partial charge in [0.25, 0.3) is 0 Å². The zero-order valence-electron chi connectivity index (χ0n) is 14.9. The van der Waals surface area contributed by atoms with E-state index in [-0.39, 0.29) is 0 Å². The summed E-state index contributed by atoms with van der Waals surface area (Å²) < 4.78 is 16.5. The van der Waals surface area contributed by atoms with Crippen LogP contribution in [0.25, 0.3) is 0 Å². The van der Waals surface area contributed by atoms with Gasteiger partial charge in [-0.05, 0) is 43.5 Å². The zero-order valence-corrected chi connectivity index (χ0v) is 14.9. The van der Waals surface area contributed by atoms with Crippen molar-refractivity contribution in [3.05, 3.63) is 42.7 Å². The molecule has 3 heterocycles. The van der Waals surface area contributed by atoms with Gasteiger partial charge in [-0.3, -0.25) is 4.98 Å². The van der Waals surface area contributed by atoms with Crippen LogP contribution in [0.1, 0.15) is 19.3 Å². The molecule has 0 radical (unpaired) electrons. The molecule has 4 rings (SSSR count). The van der Waals surface area contributed by atoms with Crippen molar-refractivity contribution in [2.45, 2.75) is 25.3 Å². The van der Waals surface area contributed by atoms with Crippen LogP contribution in [-0.2, 0) is 0 Å². The van der Waals surface area contributed by atoms with Crippen LogP contribution in [0.4, 0.5) is 5.69 Å². The van der Waals surface area contributed by atoms with Crippen molar-refractivity contribution in [3.63, 3.8) is 0 Å². The van der Waals surface area contributed by atoms with Crippen LogP contribution in [0.15, 0.2) is 42.7 Å². The number of likely N-dealkylation sites (tertiary alicyclic amines) is 1. The summed E-state index contributed by atoms with van der Waals surface area (Å²) in [6.07, 6.45) is 7.05. The number of nitrogens with zero attached hydrogens (tertiary/aromatic N) is 2. The first-order valence-electron chi connectivity index (χ1n) is 9.28. The molecule has 0 spiro atoms. The first-order valence-corrected chi connectivity index (χ1v) is 9.28. The quantitative estimate of drug-likeness (QED) is 0.770. The molecule has 2 aromatic rings. The van der Waals surface area contributed by atoms with E-state index in [1.165, 1.54) is 0 Å². The van der Waals surface area contributed by atoms with Crippen molar-refractivity contribution >= 4 is 5.69 Å². The molecule has 1 fully saturated rings. The number of nitrogens with one attached hydrogen (secondary N) is 1. The molecular weight excluding hydrogens is 330 g/mol. The Hall–Kier alpha value is -2.47. The standard InChI is InChI=1S/C20H25N3O3/c1-3-17(14-21-8-1)22-16-6-10-23(11-7-16)9-2-12-24-18-4-5-19-20(13-18)26-15-25-19/h1,3-5,8,13-14,16,22H,2,6-7,9-12,15H2. The molecule has 1 saturated heterocycles. The fourth-order valence-corrected chi connectivity index (χ4v) is 3.43. The van der Waals surface area contributed by atoms with Crippen molar-refractivity contribution in [1.82, 2.24) is 9.88 Å². The number of hydrogen-bond acceptors (Lipinski definition) is 6. The zero-order chi connectivity index (χ0) is 17.6. The minimum absolute atomic E-state index is 0.296. The lowest BCUT2D eigenvalue weighted by molar-refractivity contribution is 0.173. The van der Waals surface area contributed by atoms with Gasteiger partial charge in [-0.25, -0.2) is 0 Å². The maximum Gasteiger partial charge on any atom is 0.231 e. The summed E-state index contributed by atoms with van der Waals surface area (Å²) in [7, 11) is 0. The summed E-state index contributed by atoms with van der Waals surface area (Å²) in [5.74, 6) is 2.40. The molecule has 0 atom stereocenters. The number of anilines is 1. The number of piperidine rings is 1. The Balaban J connectivity index is 1.13. The molecule has 6 heteroatoms. The second-order valence-electron chi connectivity index (χ2n) is 6.72. The van der Waals surface area contributed by atoms with Gasteiger partial charge in [0, 0.05) is 44.1 Å². The molecule has 0 amide bonds. The summed E-state index contributed by atoms with van der Waals surface area (Å²) in [6.45, 7) is 4.34. The lowest BCUT2D eigenvalue weighted by Gasteiger charge is -2.32. The molecular formula is C20H25N3O3. The number of benzene rings is 1. The molecule has 26 heavy (non-hydrogen) atoms. The van der Waals surface area contributed by atoms with Crippen LogP contribution in [0, 0.1) is 0 Å². The van der Waals surface area contributed by atoms with Gasteiger partial charge in [0.15, 0.2) is 11.5 Å². The lowest BCUT2D eigenvalue weighted by Crippen LogP contribution is -2.39. The third-order valence-corrected chi connectivity index (χ3v) is 4.85. The van der Waals surface area contributed by atoms with Crippen molar-refractivity contribution < 1.29 is 14.2 Å². The Kier molecular flexibility index (Phi) is 5.40. The van der Waals surface area contributed by atoms with Crippen molar-refractivity contribution in [3.8, 4) is 17.2 Å². The van der Waals surface area contributed by atoms with Crippen LogP contribution in [-0.4, -0.2) is 49.0 Å². The largest absolute Gasteiger partial charge is 0.493 e. The molecule has 1 N–H and O–H groups in total. The fraction of sp³-hybridized carbons (Fsp3) is 0.450. The smallest absolute Gasteiger partial charge is 0.231 e. The molecule has 0 unspecified atom stereocenters. The normalized spacial score (nSPS) is 17.2. The van der Waals surface area contributed by atoms with Crippen LogP contribution in [0.5, 0.6) is 17.2 Å². The number of rotatable bonds is 7. The van der Waals surface area contributed by atoms with Gasteiger partial charge in [-0.1, -0.05) is 0 Å². The molecule has 0 aliphatic carbocycles. The van der Waals surface area contributed by atoms with Gasteiger partial charge in [0.05, 0.1) is 12.3 Å². The summed E-state index contributed by atoms with van der Waals surface area (Å²) >= 11 is 0. The van der Waals surface area contributed by atoms with E-state index in [4.69, 9.17) is 14.2 Å². The molecule has 2 aliphatic rings. The van der Waals surface area contributed by atoms with E-state index in [9.17, 15) is 0 Å². The lowest BCUT2D eigenvalue weighted by atomic mass is 10.0. The van der Waals surface area contributed by atoms with Crippen molar-refractivity contribution in [2.75, 3.05) is 38.4 Å². The van der Waals surface area contributed by atoms with Gasteiger partial charge in [-0.15, -0.1) is 0 Å². The van der Waals surface area contributed by atoms with E-state index in [1.54, 1.807) is 6.20 Å². The Morgan fingerprint density at radius 3 is 2.88 bits per heavy atom. The second kappa shape index (κ2) is 8.27. The van der Waals surface area contributed by atoms with Crippen molar-refractivity contribution in [1.29, 1.82) is 0 Å². The number of aromatic nitrogens is 1. The van der Waals surface area contributed by atoms with E-state index in [1.807, 2.05) is 30.5 Å². The van der Waals surface area contributed by atoms with Gasteiger partial charge in [0.2, 0.25) is 6.79 Å². The van der Waals surface area contributed by atoms with Gasteiger partial charge in [-0.2, -0.15) is 0 Å². The van der Waals surface area contributed by atoms with E-state index in [0.29, 0.717) is 19.4 Å². The number of fused-ring (bicyclic) bond motifs is 1. The predicted octanol–water partition coefficient (Wildman–Crippen LogP) is 3.16.